The van der Waals surface area contributed by atoms with Crippen LogP contribution >= 0.6 is 11.3 Å². The highest BCUT2D eigenvalue weighted by Crippen LogP contribution is 2.29. The van der Waals surface area contributed by atoms with Crippen LogP contribution in [-0.2, 0) is 10.8 Å². The minimum atomic E-state index is -0.594. The lowest BCUT2D eigenvalue weighted by Crippen LogP contribution is -2.29. The molecule has 0 saturated carbocycles. The van der Waals surface area contributed by atoms with Gasteiger partial charge in [-0.3, -0.25) is 4.21 Å². The first kappa shape index (κ1) is 12.1. The number of thiazole rings is 1. The number of aromatic nitrogens is 1. The molecule has 1 aliphatic heterocycles. The van der Waals surface area contributed by atoms with E-state index in [4.69, 9.17) is 0 Å². The molecule has 5 heteroatoms. The lowest BCUT2D eigenvalue weighted by atomic mass is 10.2. The highest BCUT2D eigenvalue weighted by atomic mass is 32.2. The van der Waals surface area contributed by atoms with Crippen molar-refractivity contribution in [3.8, 4) is 0 Å². The molecule has 1 aliphatic rings. The molecule has 0 bridgehead atoms. The molecule has 2 aromatic rings. The Bertz CT molecular complexity index is 584. The topological polar surface area (TPSA) is 42.0 Å². The van der Waals surface area contributed by atoms with Gasteiger partial charge < -0.3 is 5.32 Å². The van der Waals surface area contributed by atoms with Crippen molar-refractivity contribution in [2.45, 2.75) is 25.8 Å². The number of anilines is 1. The molecule has 3 rings (SSSR count). The summed E-state index contributed by atoms with van der Waals surface area (Å²) in [4.78, 5) is 4.66. The third-order valence-electron chi connectivity index (χ3n) is 3.34. The predicted octanol–water partition coefficient (Wildman–Crippen LogP) is 2.93. The average Bonchev–Trinajstić information content (AvgIpc) is 2.76. The lowest BCUT2D eigenvalue weighted by molar-refractivity contribution is 0.624. The van der Waals surface area contributed by atoms with Crippen LogP contribution in [0.4, 0.5) is 5.13 Å². The maximum Gasteiger partial charge on any atom is 0.184 e. The van der Waals surface area contributed by atoms with Gasteiger partial charge in [0.25, 0.3) is 0 Å². The van der Waals surface area contributed by atoms with Gasteiger partial charge >= 0.3 is 0 Å². The molecular weight excluding hydrogens is 264 g/mol. The van der Waals surface area contributed by atoms with E-state index in [1.165, 1.54) is 10.3 Å². The fourth-order valence-electron chi connectivity index (χ4n) is 2.26. The van der Waals surface area contributed by atoms with E-state index in [0.29, 0.717) is 6.04 Å². The Morgan fingerprint density at radius 3 is 2.89 bits per heavy atom. The van der Waals surface area contributed by atoms with Gasteiger partial charge in [-0.1, -0.05) is 23.5 Å². The van der Waals surface area contributed by atoms with Gasteiger partial charge in [0.15, 0.2) is 5.13 Å². The standard InChI is InChI=1S/C13H16N2OS2/c1-9-3-2-4-11-12(9)15-13(17-11)14-10-5-7-18(16)8-6-10/h2-4,10H,5-8H2,1H3,(H,14,15). The second-order valence-corrected chi connectivity index (χ2v) is 7.43. The maximum absolute atomic E-state index is 11.3. The molecule has 0 unspecified atom stereocenters. The van der Waals surface area contributed by atoms with E-state index in [1.54, 1.807) is 11.3 Å². The number of para-hydroxylation sites is 1. The van der Waals surface area contributed by atoms with Crippen molar-refractivity contribution in [1.29, 1.82) is 0 Å². The van der Waals surface area contributed by atoms with E-state index in [-0.39, 0.29) is 0 Å². The molecule has 1 saturated heterocycles. The van der Waals surface area contributed by atoms with Gasteiger partial charge in [0.1, 0.15) is 0 Å². The third-order valence-corrected chi connectivity index (χ3v) is 5.67. The fourth-order valence-corrected chi connectivity index (χ4v) is 4.58. The second-order valence-electron chi connectivity index (χ2n) is 4.71. The Morgan fingerprint density at radius 1 is 1.39 bits per heavy atom. The van der Waals surface area contributed by atoms with Gasteiger partial charge in [-0.2, -0.15) is 0 Å². The number of aryl methyl sites for hydroxylation is 1. The molecule has 18 heavy (non-hydrogen) atoms. The maximum atomic E-state index is 11.3. The van der Waals surface area contributed by atoms with E-state index in [1.807, 2.05) is 0 Å². The number of fused-ring (bicyclic) bond motifs is 1. The van der Waals surface area contributed by atoms with Crippen LogP contribution in [0, 0.1) is 6.92 Å². The summed E-state index contributed by atoms with van der Waals surface area (Å²) in [6.45, 7) is 2.09. The SMILES string of the molecule is Cc1cccc2sc(NC3CCS(=O)CC3)nc12. The van der Waals surface area contributed by atoms with Gasteiger partial charge in [-0.15, -0.1) is 0 Å². The molecule has 0 atom stereocenters. The number of hydrogen-bond acceptors (Lipinski definition) is 4. The molecule has 3 nitrogen and oxygen atoms in total. The van der Waals surface area contributed by atoms with Crippen LogP contribution in [0.25, 0.3) is 10.2 Å². The molecule has 1 N–H and O–H groups in total. The van der Waals surface area contributed by atoms with E-state index in [0.717, 1.165) is 35.0 Å². The van der Waals surface area contributed by atoms with Crippen molar-refractivity contribution >= 4 is 37.5 Å². The summed E-state index contributed by atoms with van der Waals surface area (Å²) in [5, 5.41) is 4.49. The molecule has 1 aromatic heterocycles. The quantitative estimate of drug-likeness (QED) is 0.919. The summed E-state index contributed by atoms with van der Waals surface area (Å²) in [6, 6.07) is 6.71. The second kappa shape index (κ2) is 4.97. The molecule has 0 amide bonds. The van der Waals surface area contributed by atoms with Gasteiger partial charge in [0, 0.05) is 28.3 Å². The zero-order chi connectivity index (χ0) is 12.5. The van der Waals surface area contributed by atoms with Gasteiger partial charge in [0.2, 0.25) is 0 Å². The summed E-state index contributed by atoms with van der Waals surface area (Å²) in [7, 11) is -0.594. The zero-order valence-electron chi connectivity index (χ0n) is 10.3. The summed E-state index contributed by atoms with van der Waals surface area (Å²) in [5.74, 6) is 1.64. The van der Waals surface area contributed by atoms with Gasteiger partial charge in [-0.25, -0.2) is 4.98 Å². The lowest BCUT2D eigenvalue weighted by Gasteiger charge is -2.21. The monoisotopic (exact) mass is 280 g/mol. The van der Waals surface area contributed by atoms with E-state index < -0.39 is 10.8 Å². The Hall–Kier alpha value is -0.940. The Kier molecular flexibility index (Phi) is 3.35. The number of nitrogens with zero attached hydrogens (tertiary/aromatic N) is 1. The first-order valence-corrected chi connectivity index (χ1v) is 8.50. The van der Waals surface area contributed by atoms with Crippen LogP contribution in [0.1, 0.15) is 18.4 Å². The van der Waals surface area contributed by atoms with Gasteiger partial charge in [0.05, 0.1) is 10.2 Å². The van der Waals surface area contributed by atoms with Crippen molar-refractivity contribution in [3.63, 3.8) is 0 Å². The van der Waals surface area contributed by atoms with Crippen LogP contribution in [0.15, 0.2) is 18.2 Å². The summed E-state index contributed by atoms with van der Waals surface area (Å²) < 4.78 is 12.6. The Balaban J connectivity index is 1.79. The van der Waals surface area contributed by atoms with E-state index in [2.05, 4.69) is 35.4 Å². The van der Waals surface area contributed by atoms with E-state index >= 15 is 0 Å². The van der Waals surface area contributed by atoms with Crippen molar-refractivity contribution in [3.05, 3.63) is 23.8 Å². The molecule has 2 heterocycles. The van der Waals surface area contributed by atoms with Crippen molar-refractivity contribution in [2.24, 2.45) is 0 Å². The third kappa shape index (κ3) is 2.42. The summed E-state index contributed by atoms with van der Waals surface area (Å²) in [5.41, 5.74) is 2.32. The van der Waals surface area contributed by atoms with Gasteiger partial charge in [-0.05, 0) is 31.4 Å². The van der Waals surface area contributed by atoms with Crippen LogP contribution < -0.4 is 5.32 Å². The Morgan fingerprint density at radius 2 is 2.17 bits per heavy atom. The minimum Gasteiger partial charge on any atom is -0.359 e. The molecule has 96 valence electrons. The molecule has 1 fully saturated rings. The predicted molar refractivity (Wildman–Crippen MR) is 78.9 cm³/mol. The van der Waals surface area contributed by atoms with Crippen LogP contribution in [0.5, 0.6) is 0 Å². The minimum absolute atomic E-state index is 0.434. The fraction of sp³-hybridized carbons (Fsp3) is 0.462. The largest absolute Gasteiger partial charge is 0.359 e. The smallest absolute Gasteiger partial charge is 0.184 e. The molecule has 0 radical (unpaired) electrons. The van der Waals surface area contributed by atoms with Crippen LogP contribution in [0.3, 0.4) is 0 Å². The van der Waals surface area contributed by atoms with E-state index in [9.17, 15) is 4.21 Å². The van der Waals surface area contributed by atoms with Crippen molar-refractivity contribution in [2.75, 3.05) is 16.8 Å². The highest BCUT2D eigenvalue weighted by Gasteiger charge is 2.18. The van der Waals surface area contributed by atoms with Crippen molar-refractivity contribution in [1.82, 2.24) is 4.98 Å². The molecular formula is C13H16N2OS2. The molecule has 1 aromatic carbocycles. The number of hydrogen-bond donors (Lipinski definition) is 1. The van der Waals surface area contributed by atoms with Crippen LogP contribution in [0.2, 0.25) is 0 Å². The molecule has 0 aliphatic carbocycles. The Labute approximate surface area is 113 Å². The zero-order valence-corrected chi connectivity index (χ0v) is 11.9. The van der Waals surface area contributed by atoms with Crippen molar-refractivity contribution < 1.29 is 4.21 Å². The number of nitrogens with one attached hydrogen (secondary N) is 1. The average molecular weight is 280 g/mol. The summed E-state index contributed by atoms with van der Waals surface area (Å²) >= 11 is 1.71. The normalized spacial score (nSPS) is 24.3. The first-order valence-electron chi connectivity index (χ1n) is 6.20. The highest BCUT2D eigenvalue weighted by molar-refractivity contribution is 7.85. The number of rotatable bonds is 2. The number of benzene rings is 1. The van der Waals surface area contributed by atoms with Crippen LogP contribution in [-0.4, -0.2) is 26.7 Å². The first-order chi connectivity index (χ1) is 8.72. The summed E-state index contributed by atoms with van der Waals surface area (Å²) in [6.07, 6.45) is 1.98. The molecule has 0 spiro atoms.